The van der Waals surface area contributed by atoms with Crippen LogP contribution in [0.15, 0.2) is 198 Å². The molecule has 0 N–H and O–H groups in total. The van der Waals surface area contributed by atoms with Crippen LogP contribution in [0, 0.1) is 0 Å². The smallest absolute Gasteiger partial charge is 0.0720 e. The Morgan fingerprint density at radius 2 is 0.654 bits per heavy atom. The minimum absolute atomic E-state index is 0.428. The van der Waals surface area contributed by atoms with E-state index in [-0.39, 0.29) is 0 Å². The van der Waals surface area contributed by atoms with Crippen molar-refractivity contribution in [2.24, 2.45) is 0 Å². The van der Waals surface area contributed by atoms with Crippen LogP contribution in [0.2, 0.25) is 0 Å². The maximum absolute atomic E-state index is 2.46. The van der Waals surface area contributed by atoms with Gasteiger partial charge in [0.05, 0.1) is 22.2 Å². The molecule has 4 aliphatic rings. The Bertz CT molecular complexity index is 2670. The van der Waals surface area contributed by atoms with Crippen molar-refractivity contribution in [2.75, 3.05) is 4.90 Å². The van der Waals surface area contributed by atoms with Crippen molar-refractivity contribution >= 4 is 28.8 Å². The van der Waals surface area contributed by atoms with Gasteiger partial charge < -0.3 is 4.90 Å². The Hall–Kier alpha value is -6.09. The molecule has 2 spiro atoms. The number of anilines is 3. The summed E-state index contributed by atoms with van der Waals surface area (Å²) < 4.78 is 0. The number of benzene rings is 8. The van der Waals surface area contributed by atoms with E-state index in [1.54, 1.807) is 0 Å². The summed E-state index contributed by atoms with van der Waals surface area (Å²) in [4.78, 5) is 5.01. The van der Waals surface area contributed by atoms with Crippen molar-refractivity contribution in [3.8, 4) is 22.3 Å². The molecule has 1 nitrogen and oxygen atoms in total. The van der Waals surface area contributed by atoms with Gasteiger partial charge in [-0.1, -0.05) is 163 Å². The third kappa shape index (κ3) is 3.33. The van der Waals surface area contributed by atoms with Gasteiger partial charge in [0.1, 0.15) is 0 Å². The molecule has 52 heavy (non-hydrogen) atoms. The highest BCUT2D eigenvalue weighted by Crippen LogP contribution is 2.67. The van der Waals surface area contributed by atoms with Gasteiger partial charge in [-0.2, -0.15) is 0 Å². The molecule has 2 heteroatoms. The summed E-state index contributed by atoms with van der Waals surface area (Å²) >= 11 is 1.85. The fourth-order valence-electron chi connectivity index (χ4n) is 10.4. The minimum Gasteiger partial charge on any atom is -0.308 e. The standard InChI is InChI=1S/C50H31NS/c1-4-18-37-33(15-1)34-16-2-5-19-38(34)49(37)41-21-7-9-23-43(41)50(44-24-10-8-22-42(44)49)39-20-6-3-17-35(39)36-31-32(29-30-40(36)50)51-45-25-11-13-27-47(45)52-48-28-14-12-26-46(48)51/h1-31H. The maximum Gasteiger partial charge on any atom is 0.0720 e. The summed E-state index contributed by atoms with van der Waals surface area (Å²) in [5.41, 5.74) is 18.9. The van der Waals surface area contributed by atoms with E-state index in [4.69, 9.17) is 0 Å². The Morgan fingerprint density at radius 3 is 1.12 bits per heavy atom. The number of para-hydroxylation sites is 2. The number of fused-ring (bicyclic) bond motifs is 18. The lowest BCUT2D eigenvalue weighted by Crippen LogP contribution is -2.43. The third-order valence-corrected chi connectivity index (χ3v) is 13.3. The molecule has 3 aliphatic carbocycles. The van der Waals surface area contributed by atoms with E-state index in [2.05, 4.69) is 193 Å². The van der Waals surface area contributed by atoms with Crippen molar-refractivity contribution < 1.29 is 0 Å². The first-order chi connectivity index (χ1) is 25.8. The quantitative estimate of drug-likeness (QED) is 0.170. The number of nitrogens with zero attached hydrogens (tertiary/aromatic N) is 1. The Morgan fingerprint density at radius 1 is 0.308 bits per heavy atom. The lowest BCUT2D eigenvalue weighted by molar-refractivity contribution is 0.633. The SMILES string of the molecule is c1ccc2c(c1)Sc1ccccc1N2c1ccc2c(c1)-c1ccccc1C21c2ccccc2C2(c3ccccc3-c3ccccc32)c2ccccc21. The highest BCUT2D eigenvalue weighted by Gasteiger charge is 2.58. The van der Waals surface area contributed by atoms with E-state index >= 15 is 0 Å². The molecular weight excluding hydrogens is 647 g/mol. The molecule has 8 aromatic rings. The van der Waals surface area contributed by atoms with Crippen molar-refractivity contribution in [1.82, 2.24) is 0 Å². The summed E-state index contributed by atoms with van der Waals surface area (Å²) in [6.45, 7) is 0. The lowest BCUT2D eigenvalue weighted by Gasteiger charge is -2.48. The van der Waals surface area contributed by atoms with Crippen LogP contribution in [0.3, 0.4) is 0 Å². The predicted octanol–water partition coefficient (Wildman–Crippen LogP) is 12.7. The Kier molecular flexibility index (Phi) is 5.64. The largest absolute Gasteiger partial charge is 0.308 e. The number of hydrogen-bond acceptors (Lipinski definition) is 2. The van der Waals surface area contributed by atoms with E-state index in [0.717, 1.165) is 0 Å². The molecule has 8 aromatic carbocycles. The van der Waals surface area contributed by atoms with Gasteiger partial charge in [-0.25, -0.2) is 0 Å². The van der Waals surface area contributed by atoms with Crippen molar-refractivity contribution in [1.29, 1.82) is 0 Å². The first kappa shape index (κ1) is 28.6. The number of rotatable bonds is 1. The number of hydrogen-bond donors (Lipinski definition) is 0. The molecule has 0 amide bonds. The second-order valence-corrected chi connectivity index (χ2v) is 15.4. The zero-order valence-electron chi connectivity index (χ0n) is 28.3. The second kappa shape index (κ2) is 10.3. The van der Waals surface area contributed by atoms with Gasteiger partial charge in [0, 0.05) is 15.5 Å². The van der Waals surface area contributed by atoms with Crippen LogP contribution in [0.4, 0.5) is 17.1 Å². The van der Waals surface area contributed by atoms with E-state index in [1.807, 2.05) is 11.8 Å². The summed E-state index contributed by atoms with van der Waals surface area (Å²) in [6.07, 6.45) is 0. The zero-order chi connectivity index (χ0) is 34.0. The van der Waals surface area contributed by atoms with Crippen LogP contribution in [0.5, 0.6) is 0 Å². The lowest BCUT2D eigenvalue weighted by atomic mass is 9.52. The monoisotopic (exact) mass is 677 g/mol. The molecule has 0 bridgehead atoms. The normalized spacial score (nSPS) is 15.5. The highest BCUT2D eigenvalue weighted by atomic mass is 32.2. The van der Waals surface area contributed by atoms with Crippen molar-refractivity contribution in [2.45, 2.75) is 20.6 Å². The fraction of sp³-hybridized carbons (Fsp3) is 0.0400. The van der Waals surface area contributed by atoms with E-state index in [1.165, 1.54) is 93.6 Å². The van der Waals surface area contributed by atoms with Gasteiger partial charge in [0.25, 0.3) is 0 Å². The summed E-state index contributed by atoms with van der Waals surface area (Å²) in [5, 5.41) is 0. The van der Waals surface area contributed by atoms with Crippen LogP contribution < -0.4 is 4.90 Å². The minimum atomic E-state index is -0.483. The van der Waals surface area contributed by atoms with Gasteiger partial charge >= 0.3 is 0 Å². The first-order valence-corrected chi connectivity index (χ1v) is 18.9. The van der Waals surface area contributed by atoms with E-state index in [0.29, 0.717) is 0 Å². The van der Waals surface area contributed by atoms with Crippen LogP contribution in [0.25, 0.3) is 22.3 Å². The molecule has 0 unspecified atom stereocenters. The molecule has 12 rings (SSSR count). The molecule has 0 aromatic heterocycles. The van der Waals surface area contributed by atoms with Crippen LogP contribution in [0.1, 0.15) is 44.5 Å². The molecule has 0 fully saturated rings. The van der Waals surface area contributed by atoms with E-state index < -0.39 is 10.8 Å². The van der Waals surface area contributed by atoms with E-state index in [9.17, 15) is 0 Å². The van der Waals surface area contributed by atoms with Crippen molar-refractivity contribution in [3.63, 3.8) is 0 Å². The first-order valence-electron chi connectivity index (χ1n) is 18.1. The topological polar surface area (TPSA) is 3.24 Å². The average molecular weight is 678 g/mol. The van der Waals surface area contributed by atoms with Gasteiger partial charge in [-0.15, -0.1) is 0 Å². The molecular formula is C50H31NS. The van der Waals surface area contributed by atoms with Gasteiger partial charge in [0.2, 0.25) is 0 Å². The maximum atomic E-state index is 2.46. The van der Waals surface area contributed by atoms with Crippen LogP contribution in [-0.4, -0.2) is 0 Å². The molecule has 1 heterocycles. The predicted molar refractivity (Wildman–Crippen MR) is 213 cm³/mol. The molecule has 242 valence electrons. The van der Waals surface area contributed by atoms with Crippen LogP contribution >= 0.6 is 11.8 Å². The zero-order valence-corrected chi connectivity index (χ0v) is 29.1. The van der Waals surface area contributed by atoms with Gasteiger partial charge in [0.15, 0.2) is 0 Å². The second-order valence-electron chi connectivity index (χ2n) is 14.3. The Labute approximate surface area is 307 Å². The van der Waals surface area contributed by atoms with Crippen LogP contribution in [-0.2, 0) is 10.8 Å². The average Bonchev–Trinajstić information content (AvgIpc) is 3.67. The summed E-state index contributed by atoms with van der Waals surface area (Å²) in [6, 6.07) is 70.9. The Balaban J connectivity index is 1.18. The molecule has 0 saturated carbocycles. The molecule has 1 aliphatic heterocycles. The third-order valence-electron chi connectivity index (χ3n) is 12.1. The van der Waals surface area contributed by atoms with Crippen molar-refractivity contribution in [3.05, 3.63) is 233 Å². The summed E-state index contributed by atoms with van der Waals surface area (Å²) in [7, 11) is 0. The molecule has 0 atom stereocenters. The molecule has 0 saturated heterocycles. The van der Waals surface area contributed by atoms with Gasteiger partial charge in [-0.3, -0.25) is 0 Å². The van der Waals surface area contributed by atoms with Gasteiger partial charge in [-0.05, 0) is 103 Å². The summed E-state index contributed by atoms with van der Waals surface area (Å²) in [5.74, 6) is 0. The highest BCUT2D eigenvalue weighted by molar-refractivity contribution is 7.99. The molecule has 0 radical (unpaired) electrons. The fourth-order valence-corrected chi connectivity index (χ4v) is 11.4.